The van der Waals surface area contributed by atoms with Crippen LogP contribution in [-0.2, 0) is 6.42 Å². The van der Waals surface area contributed by atoms with Crippen LogP contribution in [0.1, 0.15) is 35.3 Å². The fourth-order valence-electron chi connectivity index (χ4n) is 2.77. The van der Waals surface area contributed by atoms with Crippen molar-refractivity contribution < 1.29 is 14.3 Å². The van der Waals surface area contributed by atoms with Crippen molar-refractivity contribution in [3.63, 3.8) is 0 Å². The smallest absolute Gasteiger partial charge is 0.185 e. The van der Waals surface area contributed by atoms with Crippen molar-refractivity contribution in [2.24, 2.45) is 0 Å². The number of benzene rings is 2. The molecule has 0 aromatic heterocycles. The molecule has 4 heteroatoms. The fourth-order valence-corrected chi connectivity index (χ4v) is 3.17. The lowest BCUT2D eigenvalue weighted by Crippen LogP contribution is -2.05. The fraction of sp³-hybridized carbons (Fsp3) is 0.250. The molecule has 2 aromatic carbocycles. The number of carbonyl (C=O) groups is 1. The number of ether oxygens (including phenoxy) is 2. The second-order valence-electron chi connectivity index (χ2n) is 5.77. The molecule has 0 radical (unpaired) electrons. The zero-order chi connectivity index (χ0) is 17.1. The third-order valence-corrected chi connectivity index (χ3v) is 4.34. The molecule has 0 fully saturated rings. The third kappa shape index (κ3) is 3.70. The Balaban J connectivity index is 1.88. The summed E-state index contributed by atoms with van der Waals surface area (Å²) in [6.45, 7) is 4.58. The number of halogens is 1. The average molecular weight is 387 g/mol. The van der Waals surface area contributed by atoms with Gasteiger partial charge in [-0.15, -0.1) is 0 Å². The van der Waals surface area contributed by atoms with Crippen LogP contribution in [0, 0.1) is 0 Å². The Morgan fingerprint density at radius 3 is 2.96 bits per heavy atom. The van der Waals surface area contributed by atoms with Gasteiger partial charge in [0.2, 0.25) is 0 Å². The maximum atomic E-state index is 12.3. The van der Waals surface area contributed by atoms with Gasteiger partial charge in [0.05, 0.1) is 6.61 Å². The molecule has 124 valence electrons. The van der Waals surface area contributed by atoms with Gasteiger partial charge in [-0.2, -0.15) is 0 Å². The molecule has 0 aliphatic carbocycles. The van der Waals surface area contributed by atoms with E-state index in [2.05, 4.69) is 15.9 Å². The Bertz CT molecular complexity index is 795. The van der Waals surface area contributed by atoms with E-state index < -0.39 is 0 Å². The highest BCUT2D eigenvalue weighted by molar-refractivity contribution is 9.10. The normalized spacial score (nSPS) is 16.0. The molecule has 2 aromatic rings. The summed E-state index contributed by atoms with van der Waals surface area (Å²) in [6.07, 6.45) is 4.43. The molecule has 0 bridgehead atoms. The van der Waals surface area contributed by atoms with E-state index in [4.69, 9.17) is 9.47 Å². The monoisotopic (exact) mass is 386 g/mol. The number of hydrogen-bond donors (Lipinski definition) is 0. The van der Waals surface area contributed by atoms with Crippen LogP contribution >= 0.6 is 15.9 Å². The lowest BCUT2D eigenvalue weighted by Gasteiger charge is -2.10. The van der Waals surface area contributed by atoms with Gasteiger partial charge < -0.3 is 9.47 Å². The first-order valence-electron chi connectivity index (χ1n) is 8.01. The van der Waals surface area contributed by atoms with Gasteiger partial charge in [-0.05, 0) is 50.3 Å². The second-order valence-corrected chi connectivity index (χ2v) is 6.69. The van der Waals surface area contributed by atoms with Gasteiger partial charge in [-0.25, -0.2) is 0 Å². The van der Waals surface area contributed by atoms with Crippen molar-refractivity contribution >= 4 is 27.8 Å². The summed E-state index contributed by atoms with van der Waals surface area (Å²) < 4.78 is 12.4. The van der Waals surface area contributed by atoms with E-state index in [0.29, 0.717) is 12.2 Å². The molecule has 0 spiro atoms. The molecule has 1 aliphatic rings. The van der Waals surface area contributed by atoms with Gasteiger partial charge in [0.15, 0.2) is 5.78 Å². The van der Waals surface area contributed by atoms with Crippen LogP contribution in [0.3, 0.4) is 0 Å². The van der Waals surface area contributed by atoms with E-state index in [9.17, 15) is 4.79 Å². The van der Waals surface area contributed by atoms with Crippen LogP contribution in [0.15, 0.2) is 46.9 Å². The number of fused-ring (bicyclic) bond motifs is 1. The average Bonchev–Trinajstić information content (AvgIpc) is 2.91. The first kappa shape index (κ1) is 16.8. The highest BCUT2D eigenvalue weighted by atomic mass is 79.9. The van der Waals surface area contributed by atoms with Crippen molar-refractivity contribution in [2.75, 3.05) is 6.61 Å². The number of rotatable bonds is 5. The van der Waals surface area contributed by atoms with E-state index in [1.54, 1.807) is 18.2 Å². The van der Waals surface area contributed by atoms with Gasteiger partial charge in [0, 0.05) is 27.6 Å². The Hall–Kier alpha value is -2.07. The van der Waals surface area contributed by atoms with E-state index in [0.717, 1.165) is 33.5 Å². The standard InChI is InChI=1S/C20H19BrO3/c1-3-23-19-12-16-9-13(2)24-20(16)11-15(19)7-8-18(22)14-5-4-6-17(21)10-14/h4-8,10-13H,3,9H2,1-2H3/b8-7+/t13-/m1/s1. The zero-order valence-corrected chi connectivity index (χ0v) is 15.3. The molecule has 0 saturated carbocycles. The largest absolute Gasteiger partial charge is 0.493 e. The molecule has 24 heavy (non-hydrogen) atoms. The Morgan fingerprint density at radius 2 is 2.21 bits per heavy atom. The summed E-state index contributed by atoms with van der Waals surface area (Å²) in [5, 5.41) is 0. The van der Waals surface area contributed by atoms with E-state index in [1.165, 1.54) is 0 Å². The Morgan fingerprint density at radius 1 is 1.38 bits per heavy atom. The molecule has 0 unspecified atom stereocenters. The highest BCUT2D eigenvalue weighted by Gasteiger charge is 2.21. The maximum Gasteiger partial charge on any atom is 0.185 e. The minimum Gasteiger partial charge on any atom is -0.493 e. The van der Waals surface area contributed by atoms with E-state index in [-0.39, 0.29) is 11.9 Å². The van der Waals surface area contributed by atoms with E-state index >= 15 is 0 Å². The van der Waals surface area contributed by atoms with Gasteiger partial charge in [0.1, 0.15) is 17.6 Å². The molecule has 1 atom stereocenters. The van der Waals surface area contributed by atoms with Crippen molar-refractivity contribution in [1.82, 2.24) is 0 Å². The summed E-state index contributed by atoms with van der Waals surface area (Å²) >= 11 is 3.39. The summed E-state index contributed by atoms with van der Waals surface area (Å²) in [6, 6.07) is 11.3. The number of allylic oxidation sites excluding steroid dienone is 1. The molecule has 0 N–H and O–H groups in total. The van der Waals surface area contributed by atoms with Crippen LogP contribution in [0.2, 0.25) is 0 Å². The second kappa shape index (κ2) is 7.22. The summed E-state index contributed by atoms with van der Waals surface area (Å²) in [5.41, 5.74) is 2.65. The predicted molar refractivity (Wildman–Crippen MR) is 98.9 cm³/mol. The summed E-state index contributed by atoms with van der Waals surface area (Å²) in [7, 11) is 0. The quantitative estimate of drug-likeness (QED) is 0.531. The van der Waals surface area contributed by atoms with Gasteiger partial charge >= 0.3 is 0 Å². The molecule has 0 amide bonds. The van der Waals surface area contributed by atoms with Gasteiger partial charge in [0.25, 0.3) is 0 Å². The van der Waals surface area contributed by atoms with Crippen LogP contribution in [0.4, 0.5) is 0 Å². The molecule has 3 nitrogen and oxygen atoms in total. The lowest BCUT2D eigenvalue weighted by atomic mass is 10.0. The lowest BCUT2D eigenvalue weighted by molar-refractivity contribution is 0.104. The first-order valence-corrected chi connectivity index (χ1v) is 8.80. The minimum atomic E-state index is -0.0477. The van der Waals surface area contributed by atoms with Gasteiger partial charge in [-0.1, -0.05) is 28.1 Å². The maximum absolute atomic E-state index is 12.3. The van der Waals surface area contributed by atoms with Crippen molar-refractivity contribution in [3.8, 4) is 11.5 Å². The SMILES string of the molecule is CCOc1cc2c(cc1/C=C/C(=O)c1cccc(Br)c1)O[C@H](C)C2. The zero-order valence-electron chi connectivity index (χ0n) is 13.7. The van der Waals surface area contributed by atoms with E-state index in [1.807, 2.05) is 44.2 Å². The van der Waals surface area contributed by atoms with Crippen LogP contribution < -0.4 is 9.47 Å². The van der Waals surface area contributed by atoms with Crippen molar-refractivity contribution in [2.45, 2.75) is 26.4 Å². The number of carbonyl (C=O) groups excluding carboxylic acids is 1. The van der Waals surface area contributed by atoms with Crippen LogP contribution in [0.5, 0.6) is 11.5 Å². The molecule has 3 rings (SSSR count). The third-order valence-electron chi connectivity index (χ3n) is 3.85. The predicted octanol–water partition coefficient (Wildman–Crippen LogP) is 5.07. The highest BCUT2D eigenvalue weighted by Crippen LogP contribution is 2.35. The molecule has 0 saturated heterocycles. The number of ketones is 1. The van der Waals surface area contributed by atoms with Crippen molar-refractivity contribution in [1.29, 1.82) is 0 Å². The molecular formula is C20H19BrO3. The topological polar surface area (TPSA) is 35.5 Å². The molecular weight excluding hydrogens is 368 g/mol. The summed E-state index contributed by atoms with van der Waals surface area (Å²) in [5.74, 6) is 1.61. The Kier molecular flexibility index (Phi) is 5.05. The summed E-state index contributed by atoms with van der Waals surface area (Å²) in [4.78, 5) is 12.3. The van der Waals surface area contributed by atoms with Crippen LogP contribution in [0.25, 0.3) is 6.08 Å². The minimum absolute atomic E-state index is 0.0477. The van der Waals surface area contributed by atoms with Crippen molar-refractivity contribution in [3.05, 3.63) is 63.6 Å². The van der Waals surface area contributed by atoms with Crippen LogP contribution in [-0.4, -0.2) is 18.5 Å². The Labute approximate surface area is 150 Å². The first-order chi connectivity index (χ1) is 11.6. The van der Waals surface area contributed by atoms with Gasteiger partial charge in [-0.3, -0.25) is 4.79 Å². The molecule has 1 aliphatic heterocycles. The number of hydrogen-bond acceptors (Lipinski definition) is 3. The molecule has 1 heterocycles.